The van der Waals surface area contributed by atoms with E-state index < -0.39 is 17.1 Å². The van der Waals surface area contributed by atoms with E-state index in [1.54, 1.807) is 18.1 Å². The van der Waals surface area contributed by atoms with Gasteiger partial charge in [-0.2, -0.15) is 13.2 Å². The number of alkyl halides is 3. The summed E-state index contributed by atoms with van der Waals surface area (Å²) in [5.74, 6) is -0.340. The zero-order valence-electron chi connectivity index (χ0n) is 17.5. The fraction of sp³-hybridized carbons (Fsp3) is 0.261. The van der Waals surface area contributed by atoms with Gasteiger partial charge < -0.3 is 10.2 Å². The molecule has 0 atom stereocenters. The van der Waals surface area contributed by atoms with Crippen LogP contribution in [-0.2, 0) is 11.3 Å². The lowest BCUT2D eigenvalue weighted by molar-refractivity contribution is -0.120. The smallest absolute Gasteiger partial charge is 0.387 e. The molecule has 2 aromatic carbocycles. The summed E-state index contributed by atoms with van der Waals surface area (Å²) < 4.78 is 37.9. The van der Waals surface area contributed by atoms with E-state index in [2.05, 4.69) is 10.3 Å². The highest BCUT2D eigenvalue weighted by atomic mass is 32.2. The van der Waals surface area contributed by atoms with Crippen LogP contribution >= 0.6 is 11.8 Å². The highest BCUT2D eigenvalue weighted by Crippen LogP contribution is 2.50. The fourth-order valence-electron chi connectivity index (χ4n) is 4.30. The lowest BCUT2D eigenvalue weighted by atomic mass is 10.1. The molecule has 1 saturated heterocycles. The van der Waals surface area contributed by atoms with Gasteiger partial charge in [0, 0.05) is 22.9 Å². The van der Waals surface area contributed by atoms with E-state index in [4.69, 9.17) is 0 Å². The Morgan fingerprint density at radius 1 is 1.09 bits per heavy atom. The zero-order valence-corrected chi connectivity index (χ0v) is 18.3. The van der Waals surface area contributed by atoms with Gasteiger partial charge in [-0.1, -0.05) is 18.2 Å². The van der Waals surface area contributed by atoms with Crippen LogP contribution in [0.15, 0.2) is 59.6 Å². The molecule has 0 bridgehead atoms. The second kappa shape index (κ2) is 7.65. The number of benzene rings is 2. The van der Waals surface area contributed by atoms with Gasteiger partial charge in [-0.25, -0.2) is 9.69 Å². The topological polar surface area (TPSA) is 65.5 Å². The maximum absolute atomic E-state index is 13.4. The third-order valence-electron chi connectivity index (χ3n) is 6.06. The number of pyridine rings is 1. The van der Waals surface area contributed by atoms with Crippen LogP contribution in [0.1, 0.15) is 18.4 Å². The third kappa shape index (κ3) is 3.68. The lowest BCUT2D eigenvalue weighted by Gasteiger charge is -2.23. The molecule has 170 valence electrons. The average molecular weight is 472 g/mol. The van der Waals surface area contributed by atoms with Crippen molar-refractivity contribution in [2.24, 2.45) is 0 Å². The number of carbonyl (C=O) groups excluding carboxylic acids is 2. The number of hydrogen-bond acceptors (Lipinski definition) is 5. The Kier molecular flexibility index (Phi) is 5.00. The molecule has 1 aromatic heterocycles. The van der Waals surface area contributed by atoms with E-state index >= 15 is 0 Å². The number of thioether (sulfide) groups is 1. The molecule has 1 saturated carbocycles. The Morgan fingerprint density at radius 2 is 1.79 bits per heavy atom. The van der Waals surface area contributed by atoms with Gasteiger partial charge in [0.25, 0.3) is 5.91 Å². The van der Waals surface area contributed by atoms with E-state index in [1.165, 1.54) is 24.3 Å². The van der Waals surface area contributed by atoms with Crippen LogP contribution in [0.2, 0.25) is 0 Å². The van der Waals surface area contributed by atoms with Gasteiger partial charge in [-0.3, -0.25) is 9.78 Å². The summed E-state index contributed by atoms with van der Waals surface area (Å²) in [4.78, 5) is 33.8. The molecule has 6 nitrogen and oxygen atoms in total. The van der Waals surface area contributed by atoms with Crippen molar-refractivity contribution in [3.63, 3.8) is 0 Å². The van der Waals surface area contributed by atoms with Crippen molar-refractivity contribution >= 4 is 46.0 Å². The number of amides is 3. The Morgan fingerprint density at radius 3 is 2.42 bits per heavy atom. The normalized spacial score (nSPS) is 17.3. The molecule has 2 heterocycles. The summed E-state index contributed by atoms with van der Waals surface area (Å²) in [6, 6.07) is 12.4. The van der Waals surface area contributed by atoms with Gasteiger partial charge in [0.2, 0.25) is 0 Å². The zero-order chi connectivity index (χ0) is 23.4. The number of nitrogens with one attached hydrogen (secondary N) is 1. The Balaban J connectivity index is 1.48. The first-order valence-electron chi connectivity index (χ1n) is 10.3. The Hall–Kier alpha value is -3.27. The maximum Gasteiger partial charge on any atom is 0.446 e. The van der Waals surface area contributed by atoms with Crippen LogP contribution in [-0.4, -0.2) is 39.9 Å². The quantitative estimate of drug-likeness (QED) is 0.399. The van der Waals surface area contributed by atoms with Gasteiger partial charge in [-0.15, -0.1) is 0 Å². The van der Waals surface area contributed by atoms with Crippen molar-refractivity contribution in [2.45, 2.75) is 35.3 Å². The maximum atomic E-state index is 13.4. The minimum absolute atomic E-state index is 0.00902. The van der Waals surface area contributed by atoms with Gasteiger partial charge >= 0.3 is 11.5 Å². The predicted octanol–water partition coefficient (Wildman–Crippen LogP) is 5.39. The summed E-state index contributed by atoms with van der Waals surface area (Å²) in [6.07, 6.45) is 2.80. The number of fused-ring (bicyclic) bond motifs is 1. The van der Waals surface area contributed by atoms with Crippen molar-refractivity contribution < 1.29 is 22.8 Å². The minimum atomic E-state index is -4.41. The van der Waals surface area contributed by atoms with Gasteiger partial charge in [-0.05, 0) is 54.9 Å². The molecule has 0 unspecified atom stereocenters. The molecule has 2 fully saturated rings. The number of carbonyl (C=O) groups is 2. The molecule has 0 radical (unpaired) electrons. The number of halogens is 3. The van der Waals surface area contributed by atoms with Crippen molar-refractivity contribution in [3.8, 4) is 0 Å². The molecular weight excluding hydrogens is 453 g/mol. The van der Waals surface area contributed by atoms with E-state index in [9.17, 15) is 22.8 Å². The third-order valence-corrected chi connectivity index (χ3v) is 6.80. The van der Waals surface area contributed by atoms with Gasteiger partial charge in [0.1, 0.15) is 5.54 Å². The predicted molar refractivity (Wildman–Crippen MR) is 120 cm³/mol. The van der Waals surface area contributed by atoms with Crippen molar-refractivity contribution in [3.05, 3.63) is 60.3 Å². The van der Waals surface area contributed by atoms with E-state index in [1.807, 2.05) is 24.3 Å². The summed E-state index contributed by atoms with van der Waals surface area (Å²) in [5, 5.41) is 3.99. The SMILES string of the molecule is CNc1cnc2ccccc2c1CN1C(=O)N(c2ccc(SC(F)(F)F)cc2)C(=O)C12CC2. The monoisotopic (exact) mass is 472 g/mol. The molecule has 10 heteroatoms. The van der Waals surface area contributed by atoms with Crippen molar-refractivity contribution in [2.75, 3.05) is 17.3 Å². The van der Waals surface area contributed by atoms with E-state index in [0.29, 0.717) is 12.8 Å². The van der Waals surface area contributed by atoms with Crippen LogP contribution in [0.5, 0.6) is 0 Å². The van der Waals surface area contributed by atoms with Crippen molar-refractivity contribution in [1.29, 1.82) is 0 Å². The Labute approximate surface area is 191 Å². The summed E-state index contributed by atoms with van der Waals surface area (Å²) in [6.45, 7) is 0.211. The van der Waals surface area contributed by atoms with Gasteiger partial charge in [0.15, 0.2) is 0 Å². The number of anilines is 2. The number of rotatable bonds is 5. The molecule has 2 aliphatic rings. The molecule has 1 aliphatic heterocycles. The first-order chi connectivity index (χ1) is 15.7. The number of imide groups is 1. The highest BCUT2D eigenvalue weighted by molar-refractivity contribution is 8.00. The largest absolute Gasteiger partial charge is 0.446 e. The first-order valence-corrected chi connectivity index (χ1v) is 11.1. The van der Waals surface area contributed by atoms with E-state index in [0.717, 1.165) is 27.1 Å². The average Bonchev–Trinajstić information content (AvgIpc) is 3.55. The number of urea groups is 1. The van der Waals surface area contributed by atoms with Crippen LogP contribution < -0.4 is 10.2 Å². The Bertz CT molecular complexity index is 1260. The second-order valence-corrected chi connectivity index (χ2v) is 9.14. The number of aromatic nitrogens is 1. The van der Waals surface area contributed by atoms with Crippen LogP contribution in [0.3, 0.4) is 0 Å². The number of para-hydroxylation sites is 1. The fourth-order valence-corrected chi connectivity index (χ4v) is 4.84. The molecule has 1 N–H and O–H groups in total. The highest BCUT2D eigenvalue weighted by Gasteiger charge is 2.65. The standard InChI is InChI=1S/C23H19F3N4O2S/c1-27-19-12-28-18-5-3-2-4-16(18)17(19)13-29-21(32)30(20(31)22(29)10-11-22)14-6-8-15(9-7-14)33-23(24,25)26/h2-9,12,27H,10-11,13H2,1H3. The minimum Gasteiger partial charge on any atom is -0.387 e. The van der Waals surface area contributed by atoms with Crippen LogP contribution in [0.25, 0.3) is 10.9 Å². The summed E-state index contributed by atoms with van der Waals surface area (Å²) in [7, 11) is 1.77. The molecule has 3 amide bonds. The first kappa shape index (κ1) is 21.6. The summed E-state index contributed by atoms with van der Waals surface area (Å²) in [5.41, 5.74) is -2.66. The number of nitrogens with zero attached hydrogens (tertiary/aromatic N) is 3. The molecule has 1 aliphatic carbocycles. The summed E-state index contributed by atoms with van der Waals surface area (Å²) >= 11 is -0.238. The van der Waals surface area contributed by atoms with Crippen LogP contribution in [0, 0.1) is 0 Å². The molecule has 5 rings (SSSR count). The molecule has 3 aromatic rings. The van der Waals surface area contributed by atoms with E-state index in [-0.39, 0.29) is 34.8 Å². The van der Waals surface area contributed by atoms with Crippen LogP contribution in [0.4, 0.5) is 29.3 Å². The lowest BCUT2D eigenvalue weighted by Crippen LogP contribution is -2.36. The molecular formula is C23H19F3N4O2S. The number of hydrogen-bond donors (Lipinski definition) is 1. The van der Waals surface area contributed by atoms with Gasteiger partial charge in [0.05, 0.1) is 29.6 Å². The second-order valence-electron chi connectivity index (χ2n) is 8.00. The molecule has 33 heavy (non-hydrogen) atoms. The van der Waals surface area contributed by atoms with Crippen molar-refractivity contribution in [1.82, 2.24) is 9.88 Å². The molecule has 1 spiro atoms.